The Morgan fingerprint density at radius 1 is 1.00 bits per heavy atom. The van der Waals surface area contributed by atoms with Gasteiger partial charge < -0.3 is 15.5 Å². The maximum atomic E-state index is 14.9. The normalized spacial score (nSPS) is 22.9. The predicted octanol–water partition coefficient (Wildman–Crippen LogP) is 2.85. The minimum absolute atomic E-state index is 0.000553. The van der Waals surface area contributed by atoms with Gasteiger partial charge in [-0.15, -0.1) is 0 Å². The van der Waals surface area contributed by atoms with E-state index >= 15 is 0 Å². The number of alkyl halides is 1. The maximum absolute atomic E-state index is 14.9. The van der Waals surface area contributed by atoms with Crippen LogP contribution in [0.1, 0.15) is 28.8 Å². The van der Waals surface area contributed by atoms with Crippen LogP contribution in [0.3, 0.4) is 0 Å². The Morgan fingerprint density at radius 2 is 1.66 bits per heavy atom. The molecule has 0 bridgehead atoms. The third-order valence-corrected chi connectivity index (χ3v) is 6.45. The van der Waals surface area contributed by atoms with Crippen molar-refractivity contribution in [3.63, 3.8) is 0 Å². The molecule has 1 heterocycles. The summed E-state index contributed by atoms with van der Waals surface area (Å²) in [6, 6.07) is 16.1. The molecule has 1 saturated heterocycles. The van der Waals surface area contributed by atoms with Crippen LogP contribution < -0.4 is 16.4 Å². The minimum atomic E-state index is -2.27. The van der Waals surface area contributed by atoms with E-state index in [-0.39, 0.29) is 17.5 Å². The molecule has 1 aliphatic heterocycles. The molecule has 0 saturated carbocycles. The monoisotopic (exact) mass is 477 g/mol. The lowest BCUT2D eigenvalue weighted by atomic mass is 9.90. The van der Waals surface area contributed by atoms with Gasteiger partial charge in [0.15, 0.2) is 0 Å². The van der Waals surface area contributed by atoms with Crippen LogP contribution in [0.15, 0.2) is 78.5 Å². The van der Waals surface area contributed by atoms with E-state index in [0.29, 0.717) is 17.8 Å². The van der Waals surface area contributed by atoms with Gasteiger partial charge in [0.05, 0.1) is 12.2 Å². The largest absolute Gasteiger partial charge is 0.325 e. The second-order valence-electron chi connectivity index (χ2n) is 8.93. The van der Waals surface area contributed by atoms with Crippen LogP contribution in [0.5, 0.6) is 0 Å². The van der Waals surface area contributed by atoms with Crippen molar-refractivity contribution in [3.05, 3.63) is 89.6 Å². The van der Waals surface area contributed by atoms with Crippen LogP contribution in [-0.2, 0) is 4.79 Å². The summed E-state index contributed by atoms with van der Waals surface area (Å²) in [6.07, 6.45) is 4.58. The quantitative estimate of drug-likeness (QED) is 0.422. The molecule has 1 aliphatic carbocycles. The zero-order valence-corrected chi connectivity index (χ0v) is 19.9. The number of nitrogens with two attached hydrogens (primary N) is 1. The fourth-order valence-electron chi connectivity index (χ4n) is 4.28. The van der Waals surface area contributed by atoms with E-state index in [2.05, 4.69) is 27.4 Å². The summed E-state index contributed by atoms with van der Waals surface area (Å²) >= 11 is 0. The van der Waals surface area contributed by atoms with Crippen molar-refractivity contribution < 1.29 is 14.0 Å². The first-order chi connectivity index (χ1) is 16.8. The summed E-state index contributed by atoms with van der Waals surface area (Å²) in [5.41, 5.74) is 7.67. The van der Waals surface area contributed by atoms with Gasteiger partial charge in [0.1, 0.15) is 0 Å². The maximum Gasteiger partial charge on any atom is 0.255 e. The second-order valence-corrected chi connectivity index (χ2v) is 8.93. The van der Waals surface area contributed by atoms with Gasteiger partial charge in [-0.3, -0.25) is 20.2 Å². The molecule has 184 valence electrons. The number of amides is 2. The Labute approximate surface area is 205 Å². The van der Waals surface area contributed by atoms with Gasteiger partial charge in [-0.05, 0) is 48.5 Å². The molecular weight excluding hydrogens is 445 g/mol. The summed E-state index contributed by atoms with van der Waals surface area (Å²) in [5, 5.41) is 5.49. The number of halogens is 1. The number of anilines is 1. The van der Waals surface area contributed by atoms with Crippen LogP contribution in [0, 0.1) is 0 Å². The number of nitrogens with zero attached hydrogens (tertiary/aromatic N) is 2. The Hall–Kier alpha value is -3.33. The highest BCUT2D eigenvalue weighted by molar-refractivity contribution is 5.97. The molecule has 0 aromatic heterocycles. The molecule has 7 nitrogen and oxygen atoms in total. The summed E-state index contributed by atoms with van der Waals surface area (Å²) in [7, 11) is 0. The van der Waals surface area contributed by atoms with E-state index in [0.717, 1.165) is 38.3 Å². The zero-order chi connectivity index (χ0) is 24.8. The molecule has 0 radical (unpaired) electrons. The molecule has 4 N–H and O–H groups in total. The number of likely N-dealkylation sites (N-methyl/N-ethyl adjacent to an activating group) is 1. The molecule has 8 heteroatoms. The highest BCUT2D eigenvalue weighted by Gasteiger charge is 2.32. The smallest absolute Gasteiger partial charge is 0.255 e. The lowest BCUT2D eigenvalue weighted by Gasteiger charge is -2.33. The van der Waals surface area contributed by atoms with E-state index in [1.807, 2.05) is 30.3 Å². The Balaban J connectivity index is 1.34. The number of nitrogens with one attached hydrogen (secondary N) is 2. The first-order valence-corrected chi connectivity index (χ1v) is 11.9. The molecule has 1 fully saturated rings. The van der Waals surface area contributed by atoms with E-state index in [4.69, 9.17) is 5.73 Å². The van der Waals surface area contributed by atoms with Crippen molar-refractivity contribution in [1.82, 2.24) is 15.1 Å². The van der Waals surface area contributed by atoms with E-state index in [1.54, 1.807) is 36.4 Å². The van der Waals surface area contributed by atoms with Gasteiger partial charge in [-0.2, -0.15) is 0 Å². The Kier molecular flexibility index (Phi) is 7.75. The number of benzene rings is 2. The number of hydrogen-bond donors (Lipinski definition) is 3. The molecule has 2 aromatic rings. The van der Waals surface area contributed by atoms with Gasteiger partial charge >= 0.3 is 0 Å². The lowest BCUT2D eigenvalue weighted by molar-refractivity contribution is -0.117. The molecule has 4 rings (SSSR count). The molecule has 2 amide bonds. The molecule has 2 unspecified atom stereocenters. The number of rotatable bonds is 7. The van der Waals surface area contributed by atoms with Crippen molar-refractivity contribution in [2.75, 3.05) is 44.6 Å². The highest BCUT2D eigenvalue weighted by Crippen LogP contribution is 2.30. The molecule has 2 atom stereocenters. The predicted molar refractivity (Wildman–Crippen MR) is 136 cm³/mol. The average Bonchev–Trinajstić information content (AvgIpc) is 2.86. The summed E-state index contributed by atoms with van der Waals surface area (Å²) in [5.74, 6) is -3.03. The van der Waals surface area contributed by atoms with Crippen molar-refractivity contribution in [3.8, 4) is 0 Å². The number of hydrogen-bond acceptors (Lipinski definition) is 5. The molecule has 2 aliphatic rings. The minimum Gasteiger partial charge on any atom is -0.325 e. The summed E-state index contributed by atoms with van der Waals surface area (Å²) < 4.78 is 14.9. The fourth-order valence-corrected chi connectivity index (χ4v) is 4.28. The van der Waals surface area contributed by atoms with Gasteiger partial charge in [-0.1, -0.05) is 43.3 Å². The number of piperazine rings is 1. The van der Waals surface area contributed by atoms with Crippen LogP contribution in [-0.4, -0.2) is 66.7 Å². The molecular formula is C27H32FN5O2. The Bertz CT molecular complexity index is 1090. The van der Waals surface area contributed by atoms with Crippen molar-refractivity contribution in [2.45, 2.75) is 18.6 Å². The first kappa shape index (κ1) is 24.8. The van der Waals surface area contributed by atoms with Gasteiger partial charge in [0.25, 0.3) is 5.91 Å². The van der Waals surface area contributed by atoms with Crippen LogP contribution in [0.25, 0.3) is 0 Å². The summed E-state index contributed by atoms with van der Waals surface area (Å²) in [6.45, 7) is 7.17. The van der Waals surface area contributed by atoms with Crippen LogP contribution in [0.2, 0.25) is 0 Å². The molecule has 2 aromatic carbocycles. The van der Waals surface area contributed by atoms with E-state index in [9.17, 15) is 14.0 Å². The highest BCUT2D eigenvalue weighted by atomic mass is 19.1. The number of allylic oxidation sites excluding steroid dienone is 2. The third kappa shape index (κ3) is 6.42. The third-order valence-electron chi connectivity index (χ3n) is 6.45. The number of carbonyl (C=O) groups excluding carboxylic acids is 2. The van der Waals surface area contributed by atoms with Crippen LogP contribution >= 0.6 is 0 Å². The van der Waals surface area contributed by atoms with Gasteiger partial charge in [0, 0.05) is 43.3 Å². The van der Waals surface area contributed by atoms with Gasteiger partial charge in [-0.25, -0.2) is 4.39 Å². The SMILES string of the molecule is CCN1CCN(CC(=O)Nc2ccc(C(=O)NC3=CC(c4ccccc4)C=CC3(N)F)cc2)CC1. The average molecular weight is 478 g/mol. The molecule has 35 heavy (non-hydrogen) atoms. The standard InChI is InChI=1S/C27H32FN5O2/c1-2-32-14-16-33(17-15-32)19-25(34)30-23-10-8-21(9-11-23)26(35)31-24-18-22(12-13-27(24,28)29)20-6-4-3-5-7-20/h3-13,18,22H,2,14-17,19,29H2,1H3,(H,30,34)(H,31,35). The Morgan fingerprint density at radius 3 is 2.31 bits per heavy atom. The van der Waals surface area contributed by atoms with E-state index in [1.165, 1.54) is 6.08 Å². The topological polar surface area (TPSA) is 90.7 Å². The number of carbonyl (C=O) groups is 2. The van der Waals surface area contributed by atoms with Gasteiger partial charge in [0.2, 0.25) is 11.7 Å². The van der Waals surface area contributed by atoms with E-state index < -0.39 is 11.7 Å². The van der Waals surface area contributed by atoms with Crippen molar-refractivity contribution in [1.29, 1.82) is 0 Å². The first-order valence-electron chi connectivity index (χ1n) is 11.9. The zero-order valence-electron chi connectivity index (χ0n) is 19.9. The van der Waals surface area contributed by atoms with Crippen LogP contribution in [0.4, 0.5) is 10.1 Å². The molecule has 0 spiro atoms. The fraction of sp³-hybridized carbons (Fsp3) is 0.333. The summed E-state index contributed by atoms with van der Waals surface area (Å²) in [4.78, 5) is 29.7. The van der Waals surface area contributed by atoms with Crippen molar-refractivity contribution in [2.24, 2.45) is 5.73 Å². The second kappa shape index (κ2) is 10.9. The lowest BCUT2D eigenvalue weighted by Crippen LogP contribution is -2.48. The van der Waals surface area contributed by atoms with Crippen molar-refractivity contribution >= 4 is 17.5 Å².